The van der Waals surface area contributed by atoms with Gasteiger partial charge in [0.05, 0.1) is 19.3 Å². The molecule has 6 amide bonds. The molecule has 13 N–H and O–H groups in total. The van der Waals surface area contributed by atoms with Gasteiger partial charge in [0, 0.05) is 26.1 Å². The Kier molecular flexibility index (Phi) is 16.6. The number of nitrogens with zero attached hydrogens (tertiary/aromatic N) is 3. The summed E-state index contributed by atoms with van der Waals surface area (Å²) in [5.41, 5.74) is 17.1. The number of aliphatic imine (C=N–C) groups is 1. The van der Waals surface area contributed by atoms with E-state index in [1.54, 1.807) is 30.3 Å². The van der Waals surface area contributed by atoms with Crippen LogP contribution in [0.2, 0.25) is 0 Å². The molecule has 20 nitrogen and oxygen atoms in total. The van der Waals surface area contributed by atoms with Gasteiger partial charge in [-0.15, -0.1) is 0 Å². The molecule has 2 heterocycles. The third-order valence-corrected chi connectivity index (χ3v) is 9.16. The molecule has 0 unspecified atom stereocenters. The van der Waals surface area contributed by atoms with E-state index in [0.717, 1.165) is 4.90 Å². The zero-order valence-corrected chi connectivity index (χ0v) is 30.2. The van der Waals surface area contributed by atoms with Crippen LogP contribution in [0, 0.1) is 0 Å². The van der Waals surface area contributed by atoms with E-state index in [-0.39, 0.29) is 51.3 Å². The predicted molar refractivity (Wildman–Crippen MR) is 193 cm³/mol. The van der Waals surface area contributed by atoms with Crippen molar-refractivity contribution in [2.45, 2.75) is 94.2 Å². The first-order chi connectivity index (χ1) is 25.7. The molecule has 1 aromatic carbocycles. The van der Waals surface area contributed by atoms with Crippen molar-refractivity contribution in [3.63, 3.8) is 0 Å². The number of carboxylic acids is 1. The summed E-state index contributed by atoms with van der Waals surface area (Å²) < 4.78 is 0. The van der Waals surface area contributed by atoms with Crippen LogP contribution in [0.15, 0.2) is 35.3 Å². The van der Waals surface area contributed by atoms with Crippen LogP contribution in [0.25, 0.3) is 0 Å². The maximum atomic E-state index is 13.8. The molecule has 2 aliphatic heterocycles. The van der Waals surface area contributed by atoms with Crippen molar-refractivity contribution < 1.29 is 48.9 Å². The van der Waals surface area contributed by atoms with Gasteiger partial charge in [0.1, 0.15) is 36.3 Å². The summed E-state index contributed by atoms with van der Waals surface area (Å²) in [5, 5.41) is 39.4. The predicted octanol–water partition coefficient (Wildman–Crippen LogP) is -4.38. The SMILES string of the molecule is C[C@H](N)C(=O)N[C@@H](CCCN=C(N)N)C(=O)N1CCC[C@H]1C(=O)N[C@@H](Cc1ccccc1)C(=O)N[C@@H](CO)C(=O)N[C@@H](CO)C(=O)N1CCC[C@H]1C(=O)O. The van der Waals surface area contributed by atoms with Gasteiger partial charge in [-0.2, -0.15) is 0 Å². The van der Waals surface area contributed by atoms with E-state index in [1.165, 1.54) is 11.8 Å². The third kappa shape index (κ3) is 12.1. The van der Waals surface area contributed by atoms with Crippen molar-refractivity contribution >= 4 is 47.4 Å². The minimum Gasteiger partial charge on any atom is -0.480 e. The van der Waals surface area contributed by atoms with Gasteiger partial charge in [-0.05, 0) is 51.0 Å². The van der Waals surface area contributed by atoms with Gasteiger partial charge in [-0.25, -0.2) is 4.79 Å². The monoisotopic (exact) mass is 760 g/mol. The zero-order valence-electron chi connectivity index (χ0n) is 30.2. The summed E-state index contributed by atoms with van der Waals surface area (Å²) in [6.45, 7) is 0.130. The van der Waals surface area contributed by atoms with Crippen LogP contribution in [0.5, 0.6) is 0 Å². The van der Waals surface area contributed by atoms with E-state index in [2.05, 4.69) is 26.3 Å². The molecule has 0 bridgehead atoms. The van der Waals surface area contributed by atoms with Crippen molar-refractivity contribution in [2.24, 2.45) is 22.2 Å². The number of nitrogens with two attached hydrogens (primary N) is 3. The molecule has 0 aliphatic carbocycles. The second-order valence-electron chi connectivity index (χ2n) is 13.3. The van der Waals surface area contributed by atoms with Gasteiger partial charge in [0.2, 0.25) is 35.4 Å². The molecule has 54 heavy (non-hydrogen) atoms. The van der Waals surface area contributed by atoms with Crippen LogP contribution in [0.1, 0.15) is 51.0 Å². The first-order valence-corrected chi connectivity index (χ1v) is 17.8. The van der Waals surface area contributed by atoms with Gasteiger partial charge < -0.3 is 63.6 Å². The molecule has 20 heteroatoms. The fraction of sp³-hybridized carbons (Fsp3) is 0.588. The lowest BCUT2D eigenvalue weighted by molar-refractivity contribution is -0.150. The van der Waals surface area contributed by atoms with Crippen LogP contribution in [-0.2, 0) is 40.0 Å². The minimum atomic E-state index is -1.64. The van der Waals surface area contributed by atoms with E-state index in [4.69, 9.17) is 17.2 Å². The Balaban J connectivity index is 1.76. The van der Waals surface area contributed by atoms with Crippen molar-refractivity contribution in [3.05, 3.63) is 35.9 Å². The Hall–Kier alpha value is -5.34. The molecular weight excluding hydrogens is 708 g/mol. The number of carboxylic acid groups (broad SMARTS) is 1. The fourth-order valence-electron chi connectivity index (χ4n) is 6.31. The number of carbonyl (C=O) groups is 7. The minimum absolute atomic E-state index is 0.0556. The fourth-order valence-corrected chi connectivity index (χ4v) is 6.31. The van der Waals surface area contributed by atoms with Crippen LogP contribution in [0.4, 0.5) is 0 Å². The van der Waals surface area contributed by atoms with Crippen LogP contribution >= 0.6 is 0 Å². The van der Waals surface area contributed by atoms with E-state index in [9.17, 15) is 48.9 Å². The van der Waals surface area contributed by atoms with Gasteiger partial charge in [0.15, 0.2) is 5.96 Å². The molecule has 2 fully saturated rings. The molecule has 0 spiro atoms. The summed E-state index contributed by atoms with van der Waals surface area (Å²) in [5.74, 6) is -5.91. The molecule has 0 aromatic heterocycles. The second-order valence-corrected chi connectivity index (χ2v) is 13.3. The van der Waals surface area contributed by atoms with Crippen molar-refractivity contribution in [1.82, 2.24) is 31.1 Å². The first kappa shape index (κ1) is 43.1. The number of hydrogen-bond acceptors (Lipinski definition) is 11. The summed E-state index contributed by atoms with van der Waals surface area (Å²) in [6.07, 6.45) is 1.72. The highest BCUT2D eigenvalue weighted by molar-refractivity contribution is 5.97. The maximum Gasteiger partial charge on any atom is 0.326 e. The molecular formula is C34H52N10O10. The van der Waals surface area contributed by atoms with E-state index < -0.39 is 96.9 Å². The average Bonchev–Trinajstić information content (AvgIpc) is 3.84. The number of likely N-dealkylation sites (tertiary alicyclic amines) is 2. The van der Waals surface area contributed by atoms with Crippen LogP contribution in [0.3, 0.4) is 0 Å². The topological polar surface area (TPSA) is 325 Å². The Labute approximate surface area is 312 Å². The van der Waals surface area contributed by atoms with Crippen molar-refractivity contribution in [1.29, 1.82) is 0 Å². The van der Waals surface area contributed by atoms with Crippen molar-refractivity contribution in [2.75, 3.05) is 32.8 Å². The number of aliphatic hydroxyl groups is 2. The number of guanidine groups is 1. The van der Waals surface area contributed by atoms with Crippen LogP contribution < -0.4 is 38.5 Å². The third-order valence-electron chi connectivity index (χ3n) is 9.16. The molecule has 3 rings (SSSR count). The van der Waals surface area contributed by atoms with Gasteiger partial charge in [-0.3, -0.25) is 33.8 Å². The highest BCUT2D eigenvalue weighted by Crippen LogP contribution is 2.21. The number of rotatable bonds is 19. The largest absolute Gasteiger partial charge is 0.480 e. The Morgan fingerprint density at radius 1 is 0.778 bits per heavy atom. The highest BCUT2D eigenvalue weighted by atomic mass is 16.4. The lowest BCUT2D eigenvalue weighted by Crippen LogP contribution is -2.61. The maximum absolute atomic E-state index is 13.8. The molecule has 298 valence electrons. The Bertz CT molecular complexity index is 1520. The molecule has 2 saturated heterocycles. The second kappa shape index (κ2) is 20.8. The zero-order chi connectivity index (χ0) is 39.9. The highest BCUT2D eigenvalue weighted by Gasteiger charge is 2.40. The number of amides is 6. The summed E-state index contributed by atoms with van der Waals surface area (Å²) in [4.78, 5) is 97.9. The Morgan fingerprint density at radius 3 is 1.89 bits per heavy atom. The van der Waals surface area contributed by atoms with Crippen molar-refractivity contribution in [3.8, 4) is 0 Å². The van der Waals surface area contributed by atoms with Gasteiger partial charge >= 0.3 is 5.97 Å². The van der Waals surface area contributed by atoms with Gasteiger partial charge in [-0.1, -0.05) is 30.3 Å². The number of hydrogen-bond donors (Lipinski definition) is 10. The summed E-state index contributed by atoms with van der Waals surface area (Å²) in [7, 11) is 0. The normalized spacial score (nSPS) is 19.4. The summed E-state index contributed by atoms with van der Waals surface area (Å²) in [6, 6.07) is -0.00207. The van der Waals surface area contributed by atoms with E-state index in [1.807, 2.05) is 0 Å². The van der Waals surface area contributed by atoms with Gasteiger partial charge in [0.25, 0.3) is 0 Å². The average molecular weight is 761 g/mol. The smallest absolute Gasteiger partial charge is 0.326 e. The lowest BCUT2D eigenvalue weighted by atomic mass is 10.0. The lowest BCUT2D eigenvalue weighted by Gasteiger charge is -2.30. The van der Waals surface area contributed by atoms with E-state index >= 15 is 0 Å². The first-order valence-electron chi connectivity index (χ1n) is 17.8. The molecule has 1 aromatic rings. The summed E-state index contributed by atoms with van der Waals surface area (Å²) >= 11 is 0. The molecule has 0 radical (unpaired) electrons. The number of aliphatic carboxylic acids is 1. The van der Waals surface area contributed by atoms with E-state index in [0.29, 0.717) is 24.8 Å². The molecule has 0 saturated carbocycles. The number of carbonyl (C=O) groups excluding carboxylic acids is 6. The number of nitrogens with one attached hydrogen (secondary N) is 4. The Morgan fingerprint density at radius 2 is 1.31 bits per heavy atom. The number of benzene rings is 1. The quantitative estimate of drug-likeness (QED) is 0.0362. The number of aliphatic hydroxyl groups excluding tert-OH is 2. The molecule has 7 atom stereocenters. The standard InChI is InChI=1S/C34H52N10O10/c1-19(35)27(47)39-21(10-5-13-38-34(36)37)31(51)43-14-6-11-25(43)30(50)40-22(16-20-8-3-2-4-9-20)28(48)41-23(17-45)29(49)42-24(18-46)32(52)44-15-7-12-26(44)33(53)54/h2-4,8-9,19,21-26,45-46H,5-7,10-18,35H2,1H3,(H,39,47)(H,40,50)(H,41,48)(H,42,49)(H,53,54)(H4,36,37,38)/t19-,21-,22-,23-,24-,25-,26-/m0/s1. The molecule has 2 aliphatic rings. The van der Waals surface area contributed by atoms with Crippen LogP contribution in [-0.4, -0.2) is 148 Å².